The van der Waals surface area contributed by atoms with Crippen molar-refractivity contribution in [3.63, 3.8) is 0 Å². The molecule has 0 aliphatic rings. The van der Waals surface area contributed by atoms with Gasteiger partial charge in [0.05, 0.1) is 0 Å². The average Bonchev–Trinajstić information content (AvgIpc) is 2.23. The smallest absolute Gasteiger partial charge is 0.157 e. The summed E-state index contributed by atoms with van der Waals surface area (Å²) in [4.78, 5) is 2.07. The lowest BCUT2D eigenvalue weighted by Crippen LogP contribution is -2.14. The van der Waals surface area contributed by atoms with Crippen molar-refractivity contribution in [1.29, 1.82) is 0 Å². The Hall–Kier alpha value is -1.22. The van der Waals surface area contributed by atoms with Gasteiger partial charge in [0.2, 0.25) is 0 Å². The van der Waals surface area contributed by atoms with Crippen LogP contribution in [0.3, 0.4) is 0 Å². The number of rotatable bonds is 3. The van der Waals surface area contributed by atoms with Gasteiger partial charge in [-0.2, -0.15) is 0 Å². The molecule has 0 aromatic heterocycles. The highest BCUT2D eigenvalue weighted by atomic mass is 16.3. The molecular weight excluding hydrogens is 190 g/mol. The summed E-state index contributed by atoms with van der Waals surface area (Å²) < 4.78 is 0. The van der Waals surface area contributed by atoms with Crippen molar-refractivity contribution in [2.24, 2.45) is 0 Å². The number of nitrogens with zero attached hydrogens (tertiary/aromatic N) is 1. The van der Waals surface area contributed by atoms with E-state index in [0.717, 1.165) is 18.5 Å². The lowest BCUT2D eigenvalue weighted by atomic mass is 10.1. The Morgan fingerprint density at radius 1 is 1.07 bits per heavy atom. The number of phenols is 2. The minimum absolute atomic E-state index is 0.0451. The Kier molecular flexibility index (Phi) is 6.54. The number of hydrogen-bond acceptors (Lipinski definition) is 3. The molecule has 0 aliphatic heterocycles. The van der Waals surface area contributed by atoms with E-state index in [2.05, 4.69) is 4.90 Å². The maximum absolute atomic E-state index is 9.20. The quantitative estimate of drug-likeness (QED) is 0.753. The molecule has 3 heteroatoms. The summed E-state index contributed by atoms with van der Waals surface area (Å²) in [5, 5.41) is 18.3. The van der Waals surface area contributed by atoms with E-state index in [1.165, 1.54) is 6.07 Å². The van der Waals surface area contributed by atoms with E-state index in [4.69, 9.17) is 5.11 Å². The zero-order valence-electron chi connectivity index (χ0n) is 9.99. The number of phenolic OH excluding ortho intramolecular Hbond substituents is 2. The first kappa shape index (κ1) is 13.8. The summed E-state index contributed by atoms with van der Waals surface area (Å²) in [6, 6.07) is 4.93. The van der Waals surface area contributed by atoms with Crippen molar-refractivity contribution in [3.05, 3.63) is 23.8 Å². The molecule has 0 saturated carbocycles. The molecule has 86 valence electrons. The number of benzene rings is 1. The summed E-state index contributed by atoms with van der Waals surface area (Å²) >= 11 is 0. The largest absolute Gasteiger partial charge is 0.504 e. The van der Waals surface area contributed by atoms with Crippen LogP contribution >= 0.6 is 0 Å². The fourth-order valence-corrected chi connectivity index (χ4v) is 1.08. The summed E-state index contributed by atoms with van der Waals surface area (Å²) in [5.74, 6) is -0.107. The van der Waals surface area contributed by atoms with Crippen molar-refractivity contribution in [3.8, 4) is 11.5 Å². The van der Waals surface area contributed by atoms with Crippen LogP contribution in [0.1, 0.15) is 19.4 Å². The van der Waals surface area contributed by atoms with Crippen molar-refractivity contribution in [1.82, 2.24) is 4.90 Å². The molecule has 2 N–H and O–H groups in total. The van der Waals surface area contributed by atoms with Gasteiger partial charge in [-0.3, -0.25) is 0 Å². The van der Waals surface area contributed by atoms with Crippen LogP contribution in [-0.4, -0.2) is 35.8 Å². The van der Waals surface area contributed by atoms with E-state index in [-0.39, 0.29) is 11.5 Å². The topological polar surface area (TPSA) is 43.7 Å². The minimum Gasteiger partial charge on any atom is -0.504 e. The van der Waals surface area contributed by atoms with Crippen molar-refractivity contribution >= 4 is 0 Å². The van der Waals surface area contributed by atoms with Crippen LogP contribution in [0.15, 0.2) is 18.2 Å². The van der Waals surface area contributed by atoms with E-state index in [1.807, 2.05) is 34.0 Å². The standard InChI is InChI=1S/C10H15NO2.C2H6/c1-11(2)6-5-8-3-4-9(12)10(13)7-8;1-2/h3-4,7,12-13H,5-6H2,1-2H3;1-2H3. The first-order chi connectivity index (χ1) is 7.09. The normalized spacial score (nSPS) is 9.67. The summed E-state index contributed by atoms with van der Waals surface area (Å²) in [5.41, 5.74) is 1.03. The molecule has 0 atom stereocenters. The van der Waals surface area contributed by atoms with Gasteiger partial charge in [0.1, 0.15) is 0 Å². The van der Waals surface area contributed by atoms with Gasteiger partial charge in [0, 0.05) is 6.54 Å². The van der Waals surface area contributed by atoms with Crippen molar-refractivity contribution in [2.45, 2.75) is 20.3 Å². The molecule has 3 nitrogen and oxygen atoms in total. The Morgan fingerprint density at radius 2 is 1.67 bits per heavy atom. The highest BCUT2D eigenvalue weighted by Gasteiger charge is 2.00. The van der Waals surface area contributed by atoms with Crippen LogP contribution < -0.4 is 0 Å². The molecule has 0 saturated heterocycles. The molecule has 1 aromatic carbocycles. The number of hydrogen-bond donors (Lipinski definition) is 2. The summed E-state index contributed by atoms with van der Waals surface area (Å²) in [6.45, 7) is 4.93. The Morgan fingerprint density at radius 3 is 2.13 bits per heavy atom. The van der Waals surface area contributed by atoms with E-state index < -0.39 is 0 Å². The zero-order valence-corrected chi connectivity index (χ0v) is 9.99. The molecule has 0 unspecified atom stereocenters. The molecule has 0 fully saturated rings. The molecule has 15 heavy (non-hydrogen) atoms. The first-order valence-corrected chi connectivity index (χ1v) is 5.25. The highest BCUT2D eigenvalue weighted by molar-refractivity contribution is 5.40. The second-order valence-electron chi connectivity index (χ2n) is 3.38. The fourth-order valence-electron chi connectivity index (χ4n) is 1.08. The van der Waals surface area contributed by atoms with Gasteiger partial charge in [-0.1, -0.05) is 19.9 Å². The molecule has 1 aromatic rings. The van der Waals surface area contributed by atoms with Crippen LogP contribution in [0, 0.1) is 0 Å². The number of likely N-dealkylation sites (N-methyl/N-ethyl adjacent to an activating group) is 1. The van der Waals surface area contributed by atoms with Gasteiger partial charge in [-0.05, 0) is 38.2 Å². The molecule has 0 heterocycles. The Balaban J connectivity index is 0.000000921. The molecule has 0 amide bonds. The van der Waals surface area contributed by atoms with E-state index in [0.29, 0.717) is 0 Å². The van der Waals surface area contributed by atoms with E-state index in [1.54, 1.807) is 6.07 Å². The molecule has 0 bridgehead atoms. The van der Waals surface area contributed by atoms with Crippen molar-refractivity contribution in [2.75, 3.05) is 20.6 Å². The predicted octanol–water partition coefficient (Wildman–Crippen LogP) is 2.23. The molecule has 0 aliphatic carbocycles. The first-order valence-electron chi connectivity index (χ1n) is 5.25. The van der Waals surface area contributed by atoms with Crippen LogP contribution in [0.2, 0.25) is 0 Å². The molecule has 1 rings (SSSR count). The van der Waals surface area contributed by atoms with Gasteiger partial charge < -0.3 is 15.1 Å². The van der Waals surface area contributed by atoms with Crippen LogP contribution in [0.25, 0.3) is 0 Å². The molecular formula is C12H21NO2. The lowest BCUT2D eigenvalue weighted by molar-refractivity contribution is 0.399. The Bertz CT molecular complexity index is 285. The van der Waals surface area contributed by atoms with Gasteiger partial charge >= 0.3 is 0 Å². The van der Waals surface area contributed by atoms with Crippen LogP contribution in [0.5, 0.6) is 11.5 Å². The van der Waals surface area contributed by atoms with Gasteiger partial charge in [0.15, 0.2) is 11.5 Å². The van der Waals surface area contributed by atoms with Crippen LogP contribution in [0.4, 0.5) is 0 Å². The summed E-state index contributed by atoms with van der Waals surface area (Å²) in [7, 11) is 4.00. The van der Waals surface area contributed by atoms with E-state index >= 15 is 0 Å². The molecule has 0 spiro atoms. The fraction of sp³-hybridized carbons (Fsp3) is 0.500. The van der Waals surface area contributed by atoms with Crippen LogP contribution in [-0.2, 0) is 6.42 Å². The van der Waals surface area contributed by atoms with Crippen molar-refractivity contribution < 1.29 is 10.2 Å². The summed E-state index contributed by atoms with van der Waals surface area (Å²) in [6.07, 6.45) is 0.876. The third-order valence-corrected chi connectivity index (χ3v) is 1.89. The highest BCUT2D eigenvalue weighted by Crippen LogP contribution is 2.24. The zero-order chi connectivity index (χ0) is 11.8. The van der Waals surface area contributed by atoms with E-state index in [9.17, 15) is 5.11 Å². The van der Waals surface area contributed by atoms with Gasteiger partial charge in [-0.15, -0.1) is 0 Å². The SMILES string of the molecule is CC.CN(C)CCc1ccc(O)c(O)c1. The minimum atomic E-state index is -0.0615. The predicted molar refractivity (Wildman–Crippen MR) is 63.4 cm³/mol. The second-order valence-corrected chi connectivity index (χ2v) is 3.38. The number of aromatic hydroxyl groups is 2. The maximum atomic E-state index is 9.20. The van der Waals surface area contributed by atoms with Gasteiger partial charge in [-0.25, -0.2) is 0 Å². The lowest BCUT2D eigenvalue weighted by Gasteiger charge is -2.09. The Labute approximate surface area is 92.0 Å². The maximum Gasteiger partial charge on any atom is 0.157 e. The monoisotopic (exact) mass is 211 g/mol. The third kappa shape index (κ3) is 5.27. The van der Waals surface area contributed by atoms with Gasteiger partial charge in [0.25, 0.3) is 0 Å². The average molecular weight is 211 g/mol. The second kappa shape index (κ2) is 7.12. The molecule has 0 radical (unpaired) electrons. The third-order valence-electron chi connectivity index (χ3n) is 1.89.